The number of hydrogen-bond acceptors (Lipinski definition) is 3. The summed E-state index contributed by atoms with van der Waals surface area (Å²) in [6.07, 6.45) is -0.0914. The second-order valence-corrected chi connectivity index (χ2v) is 5.36. The monoisotopic (exact) mass is 320 g/mol. The zero-order valence-corrected chi connectivity index (χ0v) is 13.4. The molecule has 0 bridgehead atoms. The Labute approximate surface area is 136 Å². The predicted molar refractivity (Wildman–Crippen MR) is 90.2 cm³/mol. The quantitative estimate of drug-likeness (QED) is 0.912. The van der Waals surface area contributed by atoms with E-state index in [1.165, 1.54) is 10.8 Å². The molecule has 0 radical (unpaired) electrons. The van der Waals surface area contributed by atoms with Crippen LogP contribution in [-0.4, -0.2) is 31.2 Å². The topological polar surface area (TPSA) is 50.4 Å². The van der Waals surface area contributed by atoms with Gasteiger partial charge in [-0.3, -0.25) is 4.79 Å². The van der Waals surface area contributed by atoms with Crippen LogP contribution in [0.2, 0.25) is 0 Å². The third-order valence-electron chi connectivity index (χ3n) is 3.93. The lowest BCUT2D eigenvalue weighted by Crippen LogP contribution is -2.55. The maximum Gasteiger partial charge on any atom is 0.240 e. The molecule has 1 aliphatic rings. The Morgan fingerprint density at radius 1 is 1.27 bits per heavy atom. The van der Waals surface area contributed by atoms with Gasteiger partial charge in [-0.15, -0.1) is 12.4 Å². The van der Waals surface area contributed by atoms with Gasteiger partial charge >= 0.3 is 0 Å². The van der Waals surface area contributed by atoms with Crippen LogP contribution in [0.1, 0.15) is 12.5 Å². The molecule has 1 heterocycles. The molecular formula is C17H21ClN2O2. The molecule has 1 fully saturated rings. The molecular weight excluding hydrogens is 300 g/mol. The number of hydrogen-bond donors (Lipinski definition) is 2. The van der Waals surface area contributed by atoms with Crippen LogP contribution in [0, 0.1) is 0 Å². The van der Waals surface area contributed by atoms with E-state index in [-0.39, 0.29) is 30.5 Å². The second kappa shape index (κ2) is 7.58. The number of rotatable bonds is 3. The maximum absolute atomic E-state index is 12.3. The lowest BCUT2D eigenvalue weighted by molar-refractivity contribution is -0.129. The number of ether oxygens (including phenoxy) is 1. The van der Waals surface area contributed by atoms with Crippen molar-refractivity contribution in [2.75, 3.05) is 13.2 Å². The first kappa shape index (κ1) is 16.7. The molecule has 2 aromatic rings. The van der Waals surface area contributed by atoms with Gasteiger partial charge in [0.15, 0.2) is 0 Å². The Balaban J connectivity index is 0.00000176. The van der Waals surface area contributed by atoms with Crippen molar-refractivity contribution in [2.24, 2.45) is 0 Å². The number of carbonyl (C=O) groups is 1. The smallest absolute Gasteiger partial charge is 0.240 e. The molecule has 22 heavy (non-hydrogen) atoms. The van der Waals surface area contributed by atoms with Crippen molar-refractivity contribution >= 4 is 29.1 Å². The fraction of sp³-hybridized carbons (Fsp3) is 0.353. The van der Waals surface area contributed by atoms with Crippen LogP contribution in [0.25, 0.3) is 10.8 Å². The maximum atomic E-state index is 12.3. The van der Waals surface area contributed by atoms with Gasteiger partial charge in [0.1, 0.15) is 6.04 Å². The highest BCUT2D eigenvalue weighted by atomic mass is 35.5. The first-order valence-electron chi connectivity index (χ1n) is 7.35. The molecule has 0 aromatic heterocycles. The zero-order chi connectivity index (χ0) is 14.7. The minimum absolute atomic E-state index is 0. The van der Waals surface area contributed by atoms with Crippen LogP contribution >= 0.6 is 12.4 Å². The number of benzene rings is 2. The van der Waals surface area contributed by atoms with Crippen molar-refractivity contribution < 1.29 is 9.53 Å². The van der Waals surface area contributed by atoms with Gasteiger partial charge in [0.25, 0.3) is 0 Å². The van der Waals surface area contributed by atoms with Crippen molar-refractivity contribution in [3.05, 3.63) is 48.0 Å². The van der Waals surface area contributed by atoms with Crippen LogP contribution in [0.4, 0.5) is 0 Å². The SMILES string of the molecule is C[C@H]1OCCN[C@@H]1C(=O)NCc1cccc2ccccc12.Cl. The number of morpholine rings is 1. The van der Waals surface area contributed by atoms with E-state index in [1.54, 1.807) is 0 Å². The Bertz CT molecular complexity index is 642. The van der Waals surface area contributed by atoms with Crippen molar-refractivity contribution in [1.82, 2.24) is 10.6 Å². The standard InChI is InChI=1S/C17H20N2O2.ClH/c1-12-16(18-9-10-21-12)17(20)19-11-14-7-4-6-13-5-2-3-8-15(13)14;/h2-8,12,16,18H,9-11H2,1H3,(H,19,20);1H/t12-,16+;/m1./s1. The van der Waals surface area contributed by atoms with Gasteiger partial charge < -0.3 is 15.4 Å². The number of fused-ring (bicyclic) bond motifs is 1. The van der Waals surface area contributed by atoms with Crippen molar-refractivity contribution in [2.45, 2.75) is 25.6 Å². The van der Waals surface area contributed by atoms with Gasteiger partial charge in [0, 0.05) is 13.1 Å². The molecule has 1 saturated heterocycles. The van der Waals surface area contributed by atoms with E-state index < -0.39 is 0 Å². The molecule has 3 rings (SSSR count). The van der Waals surface area contributed by atoms with Crippen LogP contribution < -0.4 is 10.6 Å². The number of amides is 1. The fourth-order valence-corrected chi connectivity index (χ4v) is 2.77. The molecule has 1 amide bonds. The molecule has 1 aliphatic heterocycles. The van der Waals surface area contributed by atoms with Crippen LogP contribution in [-0.2, 0) is 16.1 Å². The Morgan fingerprint density at radius 3 is 2.86 bits per heavy atom. The molecule has 0 aliphatic carbocycles. The number of carbonyl (C=O) groups excluding carboxylic acids is 1. The highest BCUT2D eigenvalue weighted by Crippen LogP contribution is 2.18. The van der Waals surface area contributed by atoms with E-state index >= 15 is 0 Å². The van der Waals surface area contributed by atoms with E-state index in [0.717, 1.165) is 12.1 Å². The number of nitrogens with one attached hydrogen (secondary N) is 2. The second-order valence-electron chi connectivity index (χ2n) is 5.36. The average molecular weight is 321 g/mol. The minimum Gasteiger partial charge on any atom is -0.375 e. The van der Waals surface area contributed by atoms with E-state index in [9.17, 15) is 4.79 Å². The summed E-state index contributed by atoms with van der Waals surface area (Å²) >= 11 is 0. The first-order valence-corrected chi connectivity index (χ1v) is 7.35. The lowest BCUT2D eigenvalue weighted by Gasteiger charge is -2.29. The Hall–Kier alpha value is -1.62. The highest BCUT2D eigenvalue weighted by molar-refractivity contribution is 5.87. The lowest BCUT2D eigenvalue weighted by atomic mass is 10.0. The minimum atomic E-state index is -0.270. The van der Waals surface area contributed by atoms with Crippen molar-refractivity contribution in [3.8, 4) is 0 Å². The molecule has 5 heteroatoms. The summed E-state index contributed by atoms with van der Waals surface area (Å²) in [6, 6.07) is 14.1. The Kier molecular flexibility index (Phi) is 5.77. The van der Waals surface area contributed by atoms with Gasteiger partial charge in [0.2, 0.25) is 5.91 Å². The van der Waals surface area contributed by atoms with Gasteiger partial charge in [0.05, 0.1) is 12.7 Å². The molecule has 2 atom stereocenters. The zero-order valence-electron chi connectivity index (χ0n) is 12.5. The molecule has 0 spiro atoms. The molecule has 2 aromatic carbocycles. The summed E-state index contributed by atoms with van der Waals surface area (Å²) in [7, 11) is 0. The van der Waals surface area contributed by atoms with E-state index in [1.807, 2.05) is 25.1 Å². The molecule has 0 saturated carbocycles. The Morgan fingerprint density at radius 2 is 2.05 bits per heavy atom. The summed E-state index contributed by atoms with van der Waals surface area (Å²) < 4.78 is 5.51. The molecule has 0 unspecified atom stereocenters. The fourth-order valence-electron chi connectivity index (χ4n) is 2.77. The van der Waals surface area contributed by atoms with Crippen LogP contribution in [0.5, 0.6) is 0 Å². The van der Waals surface area contributed by atoms with Crippen LogP contribution in [0.15, 0.2) is 42.5 Å². The summed E-state index contributed by atoms with van der Waals surface area (Å²) in [6.45, 7) is 3.84. The van der Waals surface area contributed by atoms with Crippen LogP contribution in [0.3, 0.4) is 0 Å². The summed E-state index contributed by atoms with van der Waals surface area (Å²) in [5.41, 5.74) is 1.13. The normalized spacial score (nSPS) is 21.1. The molecule has 118 valence electrons. The van der Waals surface area contributed by atoms with E-state index in [2.05, 4.69) is 34.9 Å². The highest BCUT2D eigenvalue weighted by Gasteiger charge is 2.27. The first-order chi connectivity index (χ1) is 10.3. The van der Waals surface area contributed by atoms with Gasteiger partial charge in [-0.1, -0.05) is 42.5 Å². The number of halogens is 1. The molecule has 2 N–H and O–H groups in total. The van der Waals surface area contributed by atoms with Crippen molar-refractivity contribution in [1.29, 1.82) is 0 Å². The van der Waals surface area contributed by atoms with E-state index in [4.69, 9.17) is 4.74 Å². The van der Waals surface area contributed by atoms with Gasteiger partial charge in [-0.25, -0.2) is 0 Å². The summed E-state index contributed by atoms with van der Waals surface area (Å²) in [5, 5.41) is 8.59. The third kappa shape index (κ3) is 3.58. The van der Waals surface area contributed by atoms with Gasteiger partial charge in [-0.05, 0) is 23.3 Å². The van der Waals surface area contributed by atoms with Gasteiger partial charge in [-0.2, -0.15) is 0 Å². The summed E-state index contributed by atoms with van der Waals surface area (Å²) in [5.74, 6) is -0.00451. The third-order valence-corrected chi connectivity index (χ3v) is 3.93. The largest absolute Gasteiger partial charge is 0.375 e. The van der Waals surface area contributed by atoms with E-state index in [0.29, 0.717) is 13.2 Å². The predicted octanol–water partition coefficient (Wildman–Crippen LogP) is 2.25. The average Bonchev–Trinajstić information content (AvgIpc) is 2.53. The van der Waals surface area contributed by atoms with Crippen molar-refractivity contribution in [3.63, 3.8) is 0 Å². The summed E-state index contributed by atoms with van der Waals surface area (Å²) in [4.78, 5) is 12.3. The molecule has 4 nitrogen and oxygen atoms in total.